The molecule has 17 heavy (non-hydrogen) atoms. The number of carbonyl (C=O) groups excluding carboxylic acids is 1. The zero-order valence-corrected chi connectivity index (χ0v) is 10.9. The number of Topliss-reactive ketones (excluding diaryl/α,β-unsaturated/α-hetero) is 1. The molecule has 1 aliphatic rings. The maximum atomic E-state index is 11.9. The van der Waals surface area contributed by atoms with Crippen molar-refractivity contribution in [2.24, 2.45) is 0 Å². The molecule has 0 spiro atoms. The Kier molecular flexibility index (Phi) is 3.94. The van der Waals surface area contributed by atoms with Crippen molar-refractivity contribution in [3.63, 3.8) is 0 Å². The number of hydrogen-bond donors (Lipinski definition) is 0. The van der Waals surface area contributed by atoms with Crippen LogP contribution in [0.1, 0.15) is 23.2 Å². The molecular weight excluding hydrogens is 236 g/mol. The molecule has 3 nitrogen and oxygen atoms in total. The zero-order chi connectivity index (χ0) is 12.3. The van der Waals surface area contributed by atoms with Crippen LogP contribution in [0.2, 0.25) is 0 Å². The molecule has 1 atom stereocenters. The van der Waals surface area contributed by atoms with Crippen LogP contribution in [0.25, 0.3) is 0 Å². The van der Waals surface area contributed by atoms with Crippen molar-refractivity contribution in [1.29, 1.82) is 0 Å². The van der Waals surface area contributed by atoms with Crippen molar-refractivity contribution >= 4 is 17.5 Å². The number of fused-ring (bicyclic) bond motifs is 1. The van der Waals surface area contributed by atoms with Crippen LogP contribution in [0, 0.1) is 0 Å². The fourth-order valence-corrected chi connectivity index (χ4v) is 2.40. The van der Waals surface area contributed by atoms with Gasteiger partial charge < -0.3 is 9.47 Å². The summed E-state index contributed by atoms with van der Waals surface area (Å²) in [7, 11) is 1.61. The highest BCUT2D eigenvalue weighted by atomic mass is 32.2. The van der Waals surface area contributed by atoms with E-state index >= 15 is 0 Å². The average Bonchev–Trinajstić information content (AvgIpc) is 2.35. The van der Waals surface area contributed by atoms with Crippen LogP contribution in [0.15, 0.2) is 18.2 Å². The molecule has 1 aromatic rings. The highest BCUT2D eigenvalue weighted by Crippen LogP contribution is 2.32. The van der Waals surface area contributed by atoms with E-state index < -0.39 is 0 Å². The molecule has 2 rings (SSSR count). The Morgan fingerprint density at radius 1 is 1.53 bits per heavy atom. The molecule has 1 aliphatic heterocycles. The number of ketones is 1. The van der Waals surface area contributed by atoms with Gasteiger partial charge in [0.2, 0.25) is 0 Å². The highest BCUT2D eigenvalue weighted by Gasteiger charge is 2.26. The summed E-state index contributed by atoms with van der Waals surface area (Å²) in [6, 6.07) is 5.36. The van der Waals surface area contributed by atoms with Crippen LogP contribution in [0.5, 0.6) is 11.5 Å². The van der Waals surface area contributed by atoms with Gasteiger partial charge in [-0.3, -0.25) is 4.79 Å². The van der Waals surface area contributed by atoms with E-state index in [1.165, 1.54) is 0 Å². The molecule has 1 heterocycles. The fourth-order valence-electron chi connectivity index (χ4n) is 1.91. The number of methoxy groups -OCH3 is 1. The summed E-state index contributed by atoms with van der Waals surface area (Å²) < 4.78 is 11.0. The second kappa shape index (κ2) is 5.45. The van der Waals surface area contributed by atoms with Crippen LogP contribution >= 0.6 is 11.8 Å². The van der Waals surface area contributed by atoms with Gasteiger partial charge in [-0.25, -0.2) is 0 Å². The van der Waals surface area contributed by atoms with Crippen LogP contribution in [0.3, 0.4) is 0 Å². The van der Waals surface area contributed by atoms with Crippen LogP contribution in [0.4, 0.5) is 0 Å². The fraction of sp³-hybridized carbons (Fsp3) is 0.462. The molecule has 0 saturated carbocycles. The third kappa shape index (κ3) is 2.75. The van der Waals surface area contributed by atoms with Gasteiger partial charge >= 0.3 is 0 Å². The van der Waals surface area contributed by atoms with E-state index in [1.54, 1.807) is 37.1 Å². The molecule has 0 fully saturated rings. The summed E-state index contributed by atoms with van der Waals surface area (Å²) in [6.07, 6.45) is 3.46. The monoisotopic (exact) mass is 252 g/mol. The Labute approximate surface area is 105 Å². The van der Waals surface area contributed by atoms with Gasteiger partial charge in [-0.1, -0.05) is 0 Å². The van der Waals surface area contributed by atoms with Gasteiger partial charge in [0.15, 0.2) is 5.78 Å². The smallest absolute Gasteiger partial charge is 0.170 e. The number of ether oxygens (including phenoxy) is 2. The van der Waals surface area contributed by atoms with Gasteiger partial charge in [-0.15, -0.1) is 0 Å². The Hall–Kier alpha value is -1.16. The third-order valence-corrected chi connectivity index (χ3v) is 3.48. The SMILES string of the molecule is COc1ccc2c(c1)OC(CCSC)CC2=O. The summed E-state index contributed by atoms with van der Waals surface area (Å²) in [5.41, 5.74) is 0.672. The van der Waals surface area contributed by atoms with E-state index in [-0.39, 0.29) is 11.9 Å². The van der Waals surface area contributed by atoms with E-state index in [0.717, 1.165) is 17.9 Å². The molecule has 0 amide bonds. The maximum Gasteiger partial charge on any atom is 0.170 e. The lowest BCUT2D eigenvalue weighted by Crippen LogP contribution is -2.27. The van der Waals surface area contributed by atoms with Gasteiger partial charge in [-0.05, 0) is 30.6 Å². The predicted octanol–water partition coefficient (Wildman–Crippen LogP) is 2.78. The Balaban J connectivity index is 2.18. The first-order chi connectivity index (χ1) is 8.24. The van der Waals surface area contributed by atoms with Gasteiger partial charge in [-0.2, -0.15) is 11.8 Å². The summed E-state index contributed by atoms with van der Waals surface area (Å²) in [5, 5.41) is 0. The lowest BCUT2D eigenvalue weighted by molar-refractivity contribution is 0.0846. The quantitative estimate of drug-likeness (QED) is 0.825. The van der Waals surface area contributed by atoms with E-state index in [1.807, 2.05) is 0 Å². The van der Waals surface area contributed by atoms with Crippen molar-refractivity contribution in [2.45, 2.75) is 18.9 Å². The summed E-state index contributed by atoms with van der Waals surface area (Å²) in [4.78, 5) is 11.9. The molecule has 1 unspecified atom stereocenters. The Morgan fingerprint density at radius 2 is 2.35 bits per heavy atom. The standard InChI is InChI=1S/C13H16O3S/c1-15-9-3-4-11-12(14)7-10(5-6-17-2)16-13(11)8-9/h3-4,8,10H,5-7H2,1-2H3. The first kappa shape index (κ1) is 12.3. The molecule has 0 saturated heterocycles. The second-order valence-corrected chi connectivity index (χ2v) is 5.00. The average molecular weight is 252 g/mol. The van der Waals surface area contributed by atoms with Crippen LogP contribution < -0.4 is 9.47 Å². The minimum absolute atomic E-state index is 0.00885. The largest absolute Gasteiger partial charge is 0.497 e. The molecule has 0 aliphatic carbocycles. The van der Waals surface area contributed by atoms with Gasteiger partial charge in [0.1, 0.15) is 17.6 Å². The van der Waals surface area contributed by atoms with Crippen molar-refractivity contribution in [1.82, 2.24) is 0 Å². The van der Waals surface area contributed by atoms with E-state index in [4.69, 9.17) is 9.47 Å². The lowest BCUT2D eigenvalue weighted by atomic mass is 9.99. The van der Waals surface area contributed by atoms with Gasteiger partial charge in [0.25, 0.3) is 0 Å². The summed E-state index contributed by atoms with van der Waals surface area (Å²) in [5.74, 6) is 2.56. The maximum absolute atomic E-state index is 11.9. The Morgan fingerprint density at radius 3 is 3.06 bits per heavy atom. The van der Waals surface area contributed by atoms with E-state index in [2.05, 4.69) is 6.26 Å². The molecule has 1 aromatic carbocycles. The zero-order valence-electron chi connectivity index (χ0n) is 10.1. The van der Waals surface area contributed by atoms with Crippen LogP contribution in [-0.4, -0.2) is 31.0 Å². The molecule has 0 bridgehead atoms. The molecule has 4 heteroatoms. The molecule has 0 aromatic heterocycles. The molecule has 92 valence electrons. The molecule has 0 N–H and O–H groups in total. The molecule has 0 radical (unpaired) electrons. The number of thioether (sulfide) groups is 1. The second-order valence-electron chi connectivity index (χ2n) is 4.01. The predicted molar refractivity (Wildman–Crippen MR) is 69.4 cm³/mol. The lowest BCUT2D eigenvalue weighted by Gasteiger charge is -2.25. The number of carbonyl (C=O) groups is 1. The number of benzene rings is 1. The van der Waals surface area contributed by atoms with Crippen molar-refractivity contribution in [3.05, 3.63) is 23.8 Å². The van der Waals surface area contributed by atoms with Crippen molar-refractivity contribution in [2.75, 3.05) is 19.1 Å². The van der Waals surface area contributed by atoms with Crippen molar-refractivity contribution < 1.29 is 14.3 Å². The normalized spacial score (nSPS) is 18.5. The highest BCUT2D eigenvalue weighted by molar-refractivity contribution is 7.98. The summed E-state index contributed by atoms with van der Waals surface area (Å²) in [6.45, 7) is 0. The molecular formula is C13H16O3S. The van der Waals surface area contributed by atoms with E-state index in [0.29, 0.717) is 17.7 Å². The first-order valence-electron chi connectivity index (χ1n) is 5.61. The van der Waals surface area contributed by atoms with E-state index in [9.17, 15) is 4.79 Å². The topological polar surface area (TPSA) is 35.5 Å². The van der Waals surface area contributed by atoms with Gasteiger partial charge in [0.05, 0.1) is 12.7 Å². The number of rotatable bonds is 4. The Bertz CT molecular complexity index is 417. The summed E-state index contributed by atoms with van der Waals surface area (Å²) >= 11 is 1.77. The van der Waals surface area contributed by atoms with Crippen LogP contribution in [-0.2, 0) is 0 Å². The first-order valence-corrected chi connectivity index (χ1v) is 7.01. The van der Waals surface area contributed by atoms with Gasteiger partial charge in [0, 0.05) is 12.5 Å². The number of hydrogen-bond acceptors (Lipinski definition) is 4. The minimum Gasteiger partial charge on any atom is -0.497 e. The minimum atomic E-state index is 0.00885. The third-order valence-electron chi connectivity index (χ3n) is 2.84. The van der Waals surface area contributed by atoms with Crippen molar-refractivity contribution in [3.8, 4) is 11.5 Å².